The van der Waals surface area contributed by atoms with Crippen molar-refractivity contribution < 1.29 is 10.1 Å². The molecule has 2 heterocycles. The fraction of sp³-hybridized carbons (Fsp3) is 0.143. The van der Waals surface area contributed by atoms with Crippen LogP contribution >= 0.6 is 25.3 Å². The van der Waals surface area contributed by atoms with Crippen LogP contribution in [0.1, 0.15) is 0 Å². The quantitative estimate of drug-likeness (QED) is 0.259. The Hall–Kier alpha value is -2.08. The number of rotatable bonds is 3. The third-order valence-corrected chi connectivity index (χ3v) is 2.27. The molecule has 0 aromatic carbocycles. The summed E-state index contributed by atoms with van der Waals surface area (Å²) in [5, 5.41) is 21.4. The zero-order chi connectivity index (χ0) is 14.4. The lowest BCUT2D eigenvalue weighted by Gasteiger charge is -1.94. The zero-order valence-corrected chi connectivity index (χ0v) is 11.0. The molecule has 19 heavy (non-hydrogen) atoms. The Morgan fingerprint density at radius 1 is 1.58 bits per heavy atom. The number of aromatic nitrogens is 4. The molecule has 0 saturated carbocycles. The van der Waals surface area contributed by atoms with Gasteiger partial charge >= 0.3 is 11.9 Å². The summed E-state index contributed by atoms with van der Waals surface area (Å²) in [5.74, 6) is -0.189. The topological polar surface area (TPSA) is 128 Å². The summed E-state index contributed by atoms with van der Waals surface area (Å²) in [6.07, 6.45) is 4.04. The monoisotopic (exact) mass is 304 g/mol. The number of nitro groups is 1. The van der Waals surface area contributed by atoms with E-state index in [-0.39, 0.29) is 22.8 Å². The van der Waals surface area contributed by atoms with Gasteiger partial charge in [-0.1, -0.05) is 4.98 Å². The molecule has 0 spiro atoms. The number of hydrogen-bond donors (Lipinski definition) is 3. The van der Waals surface area contributed by atoms with Crippen LogP contribution in [0.2, 0.25) is 0 Å². The van der Waals surface area contributed by atoms with Crippen LogP contribution in [-0.4, -0.2) is 29.4 Å². The van der Waals surface area contributed by atoms with E-state index in [0.717, 1.165) is 0 Å². The van der Waals surface area contributed by atoms with E-state index in [2.05, 4.69) is 40.4 Å². The van der Waals surface area contributed by atoms with Crippen molar-refractivity contribution in [1.29, 1.82) is 0 Å². The maximum absolute atomic E-state index is 10.1. The van der Waals surface area contributed by atoms with Gasteiger partial charge < -0.3 is 15.3 Å². The second-order valence-electron chi connectivity index (χ2n) is 2.93. The molecule has 0 radical (unpaired) electrons. The lowest BCUT2D eigenvalue weighted by atomic mass is 10.9. The van der Waals surface area contributed by atoms with Crippen molar-refractivity contribution >= 4 is 37.2 Å². The van der Waals surface area contributed by atoms with Crippen LogP contribution in [0.3, 0.4) is 0 Å². The van der Waals surface area contributed by atoms with Crippen molar-refractivity contribution in [3.63, 3.8) is 0 Å². The summed E-state index contributed by atoms with van der Waals surface area (Å²) in [4.78, 5) is 26.2. The predicted octanol–water partition coefficient (Wildman–Crippen LogP) is 1.49. The molecule has 0 atom stereocenters. The fourth-order valence-electron chi connectivity index (χ4n) is 0.996. The van der Waals surface area contributed by atoms with Crippen molar-refractivity contribution in [2.45, 2.75) is 10.9 Å². The Bertz CT molecular complexity index is 582. The van der Waals surface area contributed by atoms with Crippen LogP contribution in [0.25, 0.3) is 0 Å². The van der Waals surface area contributed by atoms with Gasteiger partial charge in [0, 0.05) is 5.18 Å². The highest BCUT2D eigenvalue weighted by molar-refractivity contribution is 7.80. The van der Waals surface area contributed by atoms with Gasteiger partial charge in [0.05, 0.1) is 6.20 Å². The molecule has 102 valence electrons. The highest BCUT2D eigenvalue weighted by Gasteiger charge is 2.10. The van der Waals surface area contributed by atoms with Gasteiger partial charge in [-0.2, -0.15) is 9.71 Å². The molecule has 0 fully saturated rings. The average molecular weight is 304 g/mol. The Labute approximate surface area is 117 Å². The maximum Gasteiger partial charge on any atom is 0.435 e. The molecule has 12 heteroatoms. The first kappa shape index (κ1) is 15.0. The minimum Gasteiger partial charge on any atom is -0.425 e. The van der Waals surface area contributed by atoms with E-state index in [0.29, 0.717) is 4.73 Å². The van der Waals surface area contributed by atoms with Crippen LogP contribution < -0.4 is 0 Å². The van der Waals surface area contributed by atoms with Gasteiger partial charge in [0.1, 0.15) is 23.3 Å². The van der Waals surface area contributed by atoms with Crippen molar-refractivity contribution in [2.24, 2.45) is 5.18 Å². The second-order valence-corrected chi connectivity index (χ2v) is 3.67. The zero-order valence-electron chi connectivity index (χ0n) is 9.19. The summed E-state index contributed by atoms with van der Waals surface area (Å²) in [7, 11) is 0. The van der Waals surface area contributed by atoms with Crippen molar-refractivity contribution in [1.82, 2.24) is 19.3 Å². The van der Waals surface area contributed by atoms with Gasteiger partial charge in [-0.25, -0.2) is 4.57 Å². The van der Waals surface area contributed by atoms with Crippen molar-refractivity contribution in [3.05, 3.63) is 33.6 Å². The third-order valence-electron chi connectivity index (χ3n) is 1.75. The number of nitrogens with zero attached hydrogens (tertiary/aromatic N) is 6. The largest absolute Gasteiger partial charge is 0.435 e. The summed E-state index contributed by atoms with van der Waals surface area (Å²) >= 11 is 7.60. The molecule has 2 aromatic heterocycles. The van der Waals surface area contributed by atoms with E-state index in [1.54, 1.807) is 0 Å². The molecule has 10 nitrogen and oxygen atoms in total. The molecular formula is C7H8N6O4S2. The Morgan fingerprint density at radius 3 is 2.58 bits per heavy atom. The van der Waals surface area contributed by atoms with E-state index in [1.807, 2.05) is 0 Å². The number of imidazole rings is 2. The molecule has 0 aliphatic carbocycles. The molecule has 0 saturated heterocycles. The predicted molar refractivity (Wildman–Crippen MR) is 70.0 cm³/mol. The number of thiol groups is 2. The summed E-state index contributed by atoms with van der Waals surface area (Å²) in [5.41, 5.74) is 0. The van der Waals surface area contributed by atoms with Crippen LogP contribution in [0, 0.1) is 15.0 Å². The maximum atomic E-state index is 10.1. The summed E-state index contributed by atoms with van der Waals surface area (Å²) in [6, 6.07) is 0. The first-order valence-corrected chi connectivity index (χ1v) is 5.65. The first-order chi connectivity index (χ1) is 8.99. The third kappa shape index (κ3) is 3.96. The van der Waals surface area contributed by atoms with Gasteiger partial charge in [0.2, 0.25) is 0 Å². The lowest BCUT2D eigenvalue weighted by Crippen LogP contribution is -1.99. The molecule has 1 N–H and O–H groups in total. The van der Waals surface area contributed by atoms with Gasteiger partial charge in [-0.3, -0.25) is 0 Å². The van der Waals surface area contributed by atoms with Gasteiger partial charge in [-0.15, -0.1) is 30.2 Å². The van der Waals surface area contributed by atoms with Gasteiger partial charge in [0.15, 0.2) is 0 Å². The minimum atomic E-state index is -0.545. The van der Waals surface area contributed by atoms with E-state index in [1.165, 1.54) is 23.2 Å². The Kier molecular flexibility index (Phi) is 5.32. The van der Waals surface area contributed by atoms with E-state index in [4.69, 9.17) is 5.21 Å². The SMILES string of the molecule is O=Nc1nc(S)cn1O.O=[N+]([O-])c1nccn1CS. The van der Waals surface area contributed by atoms with Gasteiger partial charge in [0.25, 0.3) is 0 Å². The smallest absolute Gasteiger partial charge is 0.425 e. The van der Waals surface area contributed by atoms with E-state index < -0.39 is 4.92 Å². The summed E-state index contributed by atoms with van der Waals surface area (Å²) < 4.78 is 1.85. The summed E-state index contributed by atoms with van der Waals surface area (Å²) in [6.45, 7) is 0. The normalized spacial score (nSPS) is 9.58. The lowest BCUT2D eigenvalue weighted by molar-refractivity contribution is -0.396. The number of hydrogen-bond acceptors (Lipinski definition) is 9. The number of nitroso groups, excluding NO2 is 1. The second kappa shape index (κ2) is 6.75. The van der Waals surface area contributed by atoms with E-state index in [9.17, 15) is 15.0 Å². The molecular weight excluding hydrogens is 296 g/mol. The molecule has 0 aliphatic rings. The van der Waals surface area contributed by atoms with Crippen molar-refractivity contribution in [2.75, 3.05) is 0 Å². The molecule has 0 bridgehead atoms. The Morgan fingerprint density at radius 2 is 2.26 bits per heavy atom. The molecule has 0 unspecified atom stereocenters. The highest BCUT2D eigenvalue weighted by Crippen LogP contribution is 2.11. The average Bonchev–Trinajstić information content (AvgIpc) is 2.95. The molecule has 0 amide bonds. The standard InChI is InChI=1S/C4H5N3O2S.C3H3N3O2S/c8-7(9)4-5-1-2-6(4)3-10;7-5-3-4-2(9)1-6(3)8/h1-2,10H,3H2;1,8-9H. The first-order valence-electron chi connectivity index (χ1n) is 4.57. The van der Waals surface area contributed by atoms with E-state index >= 15 is 0 Å². The van der Waals surface area contributed by atoms with Crippen LogP contribution in [0.5, 0.6) is 0 Å². The highest BCUT2D eigenvalue weighted by atomic mass is 32.1. The van der Waals surface area contributed by atoms with Crippen LogP contribution in [0.4, 0.5) is 11.9 Å². The molecule has 0 aliphatic heterocycles. The van der Waals surface area contributed by atoms with Crippen LogP contribution in [0.15, 0.2) is 28.8 Å². The van der Waals surface area contributed by atoms with Crippen LogP contribution in [-0.2, 0) is 5.88 Å². The minimum absolute atomic E-state index is 0.171. The molecule has 2 rings (SSSR count). The van der Waals surface area contributed by atoms with Gasteiger partial charge in [-0.05, 0) is 4.92 Å². The molecule has 2 aromatic rings. The van der Waals surface area contributed by atoms with Crippen molar-refractivity contribution in [3.8, 4) is 0 Å². The Balaban J connectivity index is 0.000000191. The fourth-order valence-corrected chi connectivity index (χ4v) is 1.42.